The van der Waals surface area contributed by atoms with Gasteiger partial charge in [-0.1, -0.05) is 48.0 Å². The molecule has 158 valence electrons. The number of amides is 1. The highest BCUT2D eigenvalue weighted by atomic mass is 35.5. The normalized spacial score (nSPS) is 11.5. The molecule has 0 bridgehead atoms. The van der Waals surface area contributed by atoms with E-state index >= 15 is 0 Å². The molecule has 31 heavy (non-hydrogen) atoms. The number of halogens is 1. The number of pyridine rings is 1. The number of benzene rings is 2. The van der Waals surface area contributed by atoms with Crippen molar-refractivity contribution in [1.82, 2.24) is 10.3 Å². The first-order chi connectivity index (χ1) is 14.8. The number of carboxylic acids is 2. The van der Waals surface area contributed by atoms with Gasteiger partial charge in [-0.05, 0) is 47.4 Å². The molecule has 1 heterocycles. The number of hydrogen-bond donors (Lipinski definition) is 3. The van der Waals surface area contributed by atoms with Crippen LogP contribution in [0.2, 0.25) is 5.02 Å². The Labute approximate surface area is 183 Å². The summed E-state index contributed by atoms with van der Waals surface area (Å²) in [6.45, 7) is 0. The fourth-order valence-corrected chi connectivity index (χ4v) is 3.43. The van der Waals surface area contributed by atoms with Crippen LogP contribution in [-0.2, 0) is 11.2 Å². The zero-order valence-electron chi connectivity index (χ0n) is 16.3. The van der Waals surface area contributed by atoms with Crippen molar-refractivity contribution in [2.45, 2.75) is 18.9 Å². The molecule has 0 fully saturated rings. The minimum absolute atomic E-state index is 0.0484. The summed E-state index contributed by atoms with van der Waals surface area (Å²) >= 11 is 6.17. The number of aromatic nitrogens is 1. The van der Waals surface area contributed by atoms with Crippen LogP contribution < -0.4 is 5.32 Å². The number of rotatable bonds is 8. The number of nitrogens with zero attached hydrogens (tertiary/aromatic N) is 1. The predicted octanol–water partition coefficient (Wildman–Crippen LogP) is 3.92. The first-order valence-electron chi connectivity index (χ1n) is 9.40. The first-order valence-corrected chi connectivity index (χ1v) is 9.77. The topological polar surface area (TPSA) is 117 Å². The minimum atomic E-state index is -1.08. The molecule has 1 unspecified atom stereocenters. The summed E-state index contributed by atoms with van der Waals surface area (Å²) in [4.78, 5) is 39.7. The van der Waals surface area contributed by atoms with Gasteiger partial charge in [-0.3, -0.25) is 14.6 Å². The third-order valence-corrected chi connectivity index (χ3v) is 5.01. The molecule has 3 rings (SSSR count). The monoisotopic (exact) mass is 438 g/mol. The van der Waals surface area contributed by atoms with Crippen LogP contribution in [0.15, 0.2) is 66.9 Å². The van der Waals surface area contributed by atoms with Gasteiger partial charge >= 0.3 is 11.9 Å². The van der Waals surface area contributed by atoms with Crippen molar-refractivity contribution in [3.63, 3.8) is 0 Å². The van der Waals surface area contributed by atoms with Crippen molar-refractivity contribution in [3.8, 4) is 11.1 Å². The molecule has 0 saturated heterocycles. The van der Waals surface area contributed by atoms with Gasteiger partial charge in [0.25, 0.3) is 5.91 Å². The van der Waals surface area contributed by atoms with Gasteiger partial charge in [-0.2, -0.15) is 0 Å². The standard InChI is InChI=1S/C23H19ClN2O5/c24-19-8-4-1-5-15(19)11-16(13-21(27)28)26-22(29)20-12-14(9-10-25-20)17-6-2-3-7-18(17)23(30)31/h1-10,12,16H,11,13H2,(H,26,29)(H,27,28)(H,30,31). The van der Waals surface area contributed by atoms with Crippen LogP contribution in [0.5, 0.6) is 0 Å². The average Bonchev–Trinajstić information content (AvgIpc) is 2.75. The molecule has 1 atom stereocenters. The zero-order chi connectivity index (χ0) is 22.4. The molecule has 0 aliphatic carbocycles. The van der Waals surface area contributed by atoms with E-state index in [9.17, 15) is 24.6 Å². The van der Waals surface area contributed by atoms with E-state index < -0.39 is 23.9 Å². The minimum Gasteiger partial charge on any atom is -0.481 e. The van der Waals surface area contributed by atoms with E-state index in [0.717, 1.165) is 0 Å². The van der Waals surface area contributed by atoms with E-state index in [4.69, 9.17) is 11.6 Å². The summed E-state index contributed by atoms with van der Waals surface area (Å²) in [6.07, 6.45) is 1.35. The van der Waals surface area contributed by atoms with E-state index in [1.54, 1.807) is 48.5 Å². The average molecular weight is 439 g/mol. The summed E-state index contributed by atoms with van der Waals surface area (Å²) in [5.41, 5.74) is 1.83. The van der Waals surface area contributed by atoms with E-state index in [1.807, 2.05) is 0 Å². The van der Waals surface area contributed by atoms with Crippen LogP contribution in [-0.4, -0.2) is 39.1 Å². The Morgan fingerprint density at radius 2 is 1.71 bits per heavy atom. The Kier molecular flexibility index (Phi) is 6.99. The zero-order valence-corrected chi connectivity index (χ0v) is 17.0. The highest BCUT2D eigenvalue weighted by Crippen LogP contribution is 2.24. The quantitative estimate of drug-likeness (QED) is 0.491. The molecular formula is C23H19ClN2O5. The molecule has 3 N–H and O–H groups in total. The number of hydrogen-bond acceptors (Lipinski definition) is 4. The first kappa shape index (κ1) is 22.0. The lowest BCUT2D eigenvalue weighted by atomic mass is 9.99. The van der Waals surface area contributed by atoms with Crippen LogP contribution in [0.3, 0.4) is 0 Å². The van der Waals surface area contributed by atoms with Crippen molar-refractivity contribution >= 4 is 29.4 Å². The van der Waals surface area contributed by atoms with Gasteiger partial charge < -0.3 is 15.5 Å². The number of carbonyl (C=O) groups excluding carboxylic acids is 1. The summed E-state index contributed by atoms with van der Waals surface area (Å²) in [5, 5.41) is 21.8. The van der Waals surface area contributed by atoms with Gasteiger partial charge in [0.1, 0.15) is 5.69 Å². The van der Waals surface area contributed by atoms with Crippen LogP contribution in [0.4, 0.5) is 0 Å². The van der Waals surface area contributed by atoms with E-state index in [1.165, 1.54) is 18.3 Å². The number of aromatic carboxylic acids is 1. The fraction of sp³-hybridized carbons (Fsp3) is 0.130. The number of aliphatic carboxylic acids is 1. The molecule has 0 aliphatic heterocycles. The van der Waals surface area contributed by atoms with Crippen molar-refractivity contribution < 1.29 is 24.6 Å². The van der Waals surface area contributed by atoms with Crippen LogP contribution >= 0.6 is 11.6 Å². The van der Waals surface area contributed by atoms with Crippen LogP contribution in [0.25, 0.3) is 11.1 Å². The van der Waals surface area contributed by atoms with Gasteiger partial charge in [-0.25, -0.2) is 4.79 Å². The molecule has 7 nitrogen and oxygen atoms in total. The molecule has 2 aromatic carbocycles. The second-order valence-electron chi connectivity index (χ2n) is 6.84. The third kappa shape index (κ3) is 5.67. The fourth-order valence-electron chi connectivity index (χ4n) is 3.22. The smallest absolute Gasteiger partial charge is 0.336 e. The maximum absolute atomic E-state index is 12.8. The Morgan fingerprint density at radius 1 is 1.00 bits per heavy atom. The van der Waals surface area contributed by atoms with E-state index in [0.29, 0.717) is 21.7 Å². The largest absolute Gasteiger partial charge is 0.481 e. The van der Waals surface area contributed by atoms with Crippen LogP contribution in [0, 0.1) is 0 Å². The SMILES string of the molecule is O=C(O)CC(Cc1ccccc1Cl)NC(=O)c1cc(-c2ccccc2C(=O)O)ccn1. The number of nitrogens with one attached hydrogen (secondary N) is 1. The molecule has 0 spiro atoms. The summed E-state index contributed by atoms with van der Waals surface area (Å²) in [6, 6.07) is 15.8. The van der Waals surface area contributed by atoms with Crippen molar-refractivity contribution in [2.24, 2.45) is 0 Å². The molecule has 1 aromatic heterocycles. The van der Waals surface area contributed by atoms with Gasteiger partial charge in [-0.15, -0.1) is 0 Å². The molecule has 3 aromatic rings. The number of carboxylic acid groups (broad SMARTS) is 2. The predicted molar refractivity (Wildman–Crippen MR) is 115 cm³/mol. The third-order valence-electron chi connectivity index (χ3n) is 4.64. The Hall–Kier alpha value is -3.71. The molecule has 0 radical (unpaired) electrons. The van der Waals surface area contributed by atoms with Crippen molar-refractivity contribution in [1.29, 1.82) is 0 Å². The highest BCUT2D eigenvalue weighted by molar-refractivity contribution is 6.31. The Bertz CT molecular complexity index is 1130. The second-order valence-corrected chi connectivity index (χ2v) is 7.25. The maximum Gasteiger partial charge on any atom is 0.336 e. The molecule has 8 heteroatoms. The lowest BCUT2D eigenvalue weighted by Gasteiger charge is -2.18. The molecule has 0 aliphatic rings. The van der Waals surface area contributed by atoms with Crippen LogP contribution in [0.1, 0.15) is 32.8 Å². The van der Waals surface area contributed by atoms with E-state index in [-0.39, 0.29) is 24.1 Å². The van der Waals surface area contributed by atoms with Gasteiger partial charge in [0, 0.05) is 17.3 Å². The highest BCUT2D eigenvalue weighted by Gasteiger charge is 2.20. The van der Waals surface area contributed by atoms with Crippen molar-refractivity contribution in [2.75, 3.05) is 0 Å². The second kappa shape index (κ2) is 9.86. The molecular weight excluding hydrogens is 420 g/mol. The molecule has 0 saturated carbocycles. The van der Waals surface area contributed by atoms with Gasteiger partial charge in [0.05, 0.1) is 12.0 Å². The van der Waals surface area contributed by atoms with Gasteiger partial charge in [0.2, 0.25) is 0 Å². The maximum atomic E-state index is 12.8. The lowest BCUT2D eigenvalue weighted by molar-refractivity contribution is -0.137. The summed E-state index contributed by atoms with van der Waals surface area (Å²) < 4.78 is 0. The Balaban J connectivity index is 1.84. The van der Waals surface area contributed by atoms with E-state index in [2.05, 4.69) is 10.3 Å². The lowest BCUT2D eigenvalue weighted by Crippen LogP contribution is -2.38. The summed E-state index contributed by atoms with van der Waals surface area (Å²) in [7, 11) is 0. The Morgan fingerprint density at radius 3 is 2.42 bits per heavy atom. The molecule has 1 amide bonds. The van der Waals surface area contributed by atoms with Gasteiger partial charge in [0.15, 0.2) is 0 Å². The van der Waals surface area contributed by atoms with Crippen molar-refractivity contribution in [3.05, 3.63) is 88.7 Å². The number of carbonyl (C=O) groups is 3. The summed E-state index contributed by atoms with van der Waals surface area (Å²) in [5.74, 6) is -2.71.